The molecule has 27 heavy (non-hydrogen) atoms. The number of nitrogens with zero attached hydrogens (tertiary/aromatic N) is 1. The molecule has 0 amide bonds. The molecule has 1 aromatic carbocycles. The largest absolute Gasteiger partial charge is 0.467 e. The van der Waals surface area contributed by atoms with Crippen LogP contribution in [0.4, 0.5) is 8.78 Å². The molecule has 2 aromatic rings. The van der Waals surface area contributed by atoms with E-state index in [0.717, 1.165) is 25.5 Å². The topological polar surface area (TPSA) is 55.1 Å². The second-order valence-corrected chi connectivity index (χ2v) is 6.81. The first-order chi connectivity index (χ1) is 13.1. The summed E-state index contributed by atoms with van der Waals surface area (Å²) in [7, 11) is 0. The molecule has 1 aliphatic rings. The van der Waals surface area contributed by atoms with Gasteiger partial charge >= 0.3 is 0 Å². The fraction of sp³-hybridized carbons (Fsp3) is 0.500. The minimum absolute atomic E-state index is 0.0600. The van der Waals surface area contributed by atoms with Crippen molar-refractivity contribution in [3.63, 3.8) is 0 Å². The zero-order chi connectivity index (χ0) is 19.1. The highest BCUT2D eigenvalue weighted by atomic mass is 19.1. The van der Waals surface area contributed by atoms with Crippen molar-refractivity contribution in [3.05, 3.63) is 59.6 Å². The van der Waals surface area contributed by atoms with Crippen LogP contribution < -0.4 is 0 Å². The second kappa shape index (κ2) is 9.94. The maximum atomic E-state index is 14.0. The number of benzene rings is 1. The van der Waals surface area contributed by atoms with Crippen molar-refractivity contribution in [3.8, 4) is 0 Å². The Hall–Kier alpha value is -1.80. The van der Waals surface area contributed by atoms with Gasteiger partial charge in [-0.2, -0.15) is 0 Å². The van der Waals surface area contributed by atoms with Gasteiger partial charge in [-0.05, 0) is 31.0 Å². The van der Waals surface area contributed by atoms with Gasteiger partial charge in [-0.3, -0.25) is 4.90 Å². The van der Waals surface area contributed by atoms with Crippen molar-refractivity contribution in [1.29, 1.82) is 0 Å². The third-order valence-electron chi connectivity index (χ3n) is 4.50. The predicted octanol–water partition coefficient (Wildman–Crippen LogP) is 3.12. The maximum absolute atomic E-state index is 14.0. The molecule has 1 N–H and O–H groups in total. The van der Waals surface area contributed by atoms with Crippen LogP contribution in [-0.2, 0) is 22.6 Å². The molecule has 0 unspecified atom stereocenters. The molecule has 2 heterocycles. The van der Waals surface area contributed by atoms with Gasteiger partial charge in [0.1, 0.15) is 24.0 Å². The Bertz CT molecular complexity index is 689. The van der Waals surface area contributed by atoms with Gasteiger partial charge in [0, 0.05) is 37.9 Å². The SMILES string of the molecule is O[C@H](COCc1ccco1)CN(Cc1ccc(F)cc1F)C[C@@H]1CCCO1. The fourth-order valence-corrected chi connectivity index (χ4v) is 3.21. The van der Waals surface area contributed by atoms with Gasteiger partial charge in [-0.1, -0.05) is 6.07 Å². The normalized spacial score (nSPS) is 18.3. The van der Waals surface area contributed by atoms with Gasteiger partial charge < -0.3 is 19.0 Å². The van der Waals surface area contributed by atoms with E-state index in [1.807, 2.05) is 4.90 Å². The van der Waals surface area contributed by atoms with Crippen LogP contribution >= 0.6 is 0 Å². The number of hydrogen-bond acceptors (Lipinski definition) is 5. The molecule has 0 spiro atoms. The first kappa shape index (κ1) is 19.9. The molecule has 1 saturated heterocycles. The van der Waals surface area contributed by atoms with E-state index in [2.05, 4.69) is 0 Å². The lowest BCUT2D eigenvalue weighted by atomic mass is 10.1. The number of ether oxygens (including phenoxy) is 2. The van der Waals surface area contributed by atoms with Crippen molar-refractivity contribution in [2.75, 3.05) is 26.3 Å². The summed E-state index contributed by atoms with van der Waals surface area (Å²) in [4.78, 5) is 1.92. The number of rotatable bonds is 10. The first-order valence-corrected chi connectivity index (χ1v) is 9.16. The van der Waals surface area contributed by atoms with Crippen LogP contribution in [0.15, 0.2) is 41.0 Å². The average molecular weight is 381 g/mol. The molecule has 0 saturated carbocycles. The zero-order valence-corrected chi connectivity index (χ0v) is 15.2. The van der Waals surface area contributed by atoms with Crippen LogP contribution in [0.3, 0.4) is 0 Å². The fourth-order valence-electron chi connectivity index (χ4n) is 3.21. The van der Waals surface area contributed by atoms with Crippen LogP contribution in [0.1, 0.15) is 24.2 Å². The van der Waals surface area contributed by atoms with E-state index in [1.54, 1.807) is 18.4 Å². The van der Waals surface area contributed by atoms with Crippen molar-refractivity contribution >= 4 is 0 Å². The lowest BCUT2D eigenvalue weighted by Gasteiger charge is -2.27. The Morgan fingerprint density at radius 3 is 2.89 bits per heavy atom. The minimum Gasteiger partial charge on any atom is -0.467 e. The van der Waals surface area contributed by atoms with Crippen LogP contribution in [-0.4, -0.2) is 48.5 Å². The molecule has 1 aliphatic heterocycles. The second-order valence-electron chi connectivity index (χ2n) is 6.81. The van der Waals surface area contributed by atoms with Crippen molar-refractivity contribution in [1.82, 2.24) is 4.90 Å². The lowest BCUT2D eigenvalue weighted by molar-refractivity contribution is -0.00655. The zero-order valence-electron chi connectivity index (χ0n) is 15.2. The molecule has 1 fully saturated rings. The smallest absolute Gasteiger partial charge is 0.130 e. The number of furan rings is 1. The van der Waals surface area contributed by atoms with Gasteiger partial charge in [-0.15, -0.1) is 0 Å². The summed E-state index contributed by atoms with van der Waals surface area (Å²) in [6.07, 6.45) is 2.82. The Morgan fingerprint density at radius 1 is 1.30 bits per heavy atom. The Morgan fingerprint density at radius 2 is 2.19 bits per heavy atom. The number of aliphatic hydroxyl groups excluding tert-OH is 1. The average Bonchev–Trinajstić information content (AvgIpc) is 3.31. The highest BCUT2D eigenvalue weighted by Crippen LogP contribution is 2.17. The molecule has 148 valence electrons. The summed E-state index contributed by atoms with van der Waals surface area (Å²) in [5, 5.41) is 10.3. The summed E-state index contributed by atoms with van der Waals surface area (Å²) in [5.41, 5.74) is 0.387. The van der Waals surface area contributed by atoms with Gasteiger partial charge in [0.25, 0.3) is 0 Å². The van der Waals surface area contributed by atoms with Crippen LogP contribution in [0, 0.1) is 11.6 Å². The van der Waals surface area contributed by atoms with E-state index in [9.17, 15) is 13.9 Å². The summed E-state index contributed by atoms with van der Waals surface area (Å²) >= 11 is 0. The van der Waals surface area contributed by atoms with Crippen molar-refractivity contribution in [2.45, 2.75) is 38.2 Å². The van der Waals surface area contributed by atoms with E-state index >= 15 is 0 Å². The van der Waals surface area contributed by atoms with Gasteiger partial charge in [0.2, 0.25) is 0 Å². The molecule has 5 nitrogen and oxygen atoms in total. The molecule has 1 aromatic heterocycles. The highest BCUT2D eigenvalue weighted by molar-refractivity contribution is 5.18. The standard InChI is InChI=1S/C20H25F2NO4/c21-16-6-5-15(20(22)9-16)10-23(12-18-3-1-7-26-18)11-17(24)13-25-14-19-4-2-8-27-19/h2,4-6,8-9,17-18,24H,1,3,7,10-14H2/t17-,18-/m0/s1. The number of hydrogen-bond donors (Lipinski definition) is 1. The number of aliphatic hydroxyl groups is 1. The third kappa shape index (κ3) is 6.39. The third-order valence-corrected chi connectivity index (χ3v) is 4.50. The molecule has 0 radical (unpaired) electrons. The van der Waals surface area contributed by atoms with E-state index in [-0.39, 0.29) is 25.9 Å². The lowest BCUT2D eigenvalue weighted by Crippen LogP contribution is -2.39. The van der Waals surface area contributed by atoms with E-state index < -0.39 is 17.7 Å². The molecular formula is C20H25F2NO4. The quantitative estimate of drug-likeness (QED) is 0.685. The van der Waals surface area contributed by atoms with E-state index in [1.165, 1.54) is 12.1 Å². The van der Waals surface area contributed by atoms with Crippen molar-refractivity contribution < 1.29 is 27.8 Å². The molecule has 7 heteroatoms. The monoisotopic (exact) mass is 381 g/mol. The summed E-state index contributed by atoms with van der Waals surface area (Å²) in [6.45, 7) is 2.28. The first-order valence-electron chi connectivity index (χ1n) is 9.16. The maximum Gasteiger partial charge on any atom is 0.130 e. The van der Waals surface area contributed by atoms with Crippen LogP contribution in [0.5, 0.6) is 0 Å². The predicted molar refractivity (Wildman–Crippen MR) is 95.0 cm³/mol. The Kier molecular flexibility index (Phi) is 7.34. The molecule has 0 aliphatic carbocycles. The molecular weight excluding hydrogens is 356 g/mol. The van der Waals surface area contributed by atoms with Gasteiger partial charge in [0.05, 0.1) is 25.1 Å². The van der Waals surface area contributed by atoms with Crippen LogP contribution in [0.25, 0.3) is 0 Å². The highest BCUT2D eigenvalue weighted by Gasteiger charge is 2.22. The summed E-state index contributed by atoms with van der Waals surface area (Å²) < 4.78 is 43.5. The number of halogens is 2. The van der Waals surface area contributed by atoms with E-state index in [4.69, 9.17) is 13.9 Å². The summed E-state index contributed by atoms with van der Waals surface area (Å²) in [5.74, 6) is -0.504. The summed E-state index contributed by atoms with van der Waals surface area (Å²) in [6, 6.07) is 7.13. The van der Waals surface area contributed by atoms with Crippen LogP contribution in [0.2, 0.25) is 0 Å². The van der Waals surface area contributed by atoms with Gasteiger partial charge in [0.15, 0.2) is 0 Å². The molecule has 2 atom stereocenters. The Labute approximate surface area is 157 Å². The van der Waals surface area contributed by atoms with Crippen molar-refractivity contribution in [2.24, 2.45) is 0 Å². The molecule has 0 bridgehead atoms. The van der Waals surface area contributed by atoms with Gasteiger partial charge in [-0.25, -0.2) is 8.78 Å². The minimum atomic E-state index is -0.745. The molecule has 3 rings (SSSR count). The van der Waals surface area contributed by atoms with E-state index in [0.29, 0.717) is 24.4 Å². The Balaban J connectivity index is 1.54.